The van der Waals surface area contributed by atoms with Gasteiger partial charge in [-0.1, -0.05) is 0 Å². The molecule has 1 fully saturated rings. The molecule has 0 saturated carbocycles. The van der Waals surface area contributed by atoms with E-state index in [1.165, 1.54) is 11.3 Å². The zero-order valence-corrected chi connectivity index (χ0v) is 15.3. The molecule has 0 bridgehead atoms. The number of aromatic nitrogens is 1. The Balaban J connectivity index is 1.64. The number of nitrogens with one attached hydrogen (secondary N) is 1. The maximum atomic E-state index is 12.4. The summed E-state index contributed by atoms with van der Waals surface area (Å²) in [5.74, 6) is 0.181. The molecule has 25 heavy (non-hydrogen) atoms. The predicted octanol–water partition coefficient (Wildman–Crippen LogP) is 3.23. The van der Waals surface area contributed by atoms with Gasteiger partial charge in [-0.3, -0.25) is 9.59 Å². The largest absolute Gasteiger partial charge is 0.491 e. The molecule has 0 radical (unpaired) electrons. The molecular formula is C18H21N3O3S. The number of hydrogen-bond donors (Lipinski definition) is 1. The molecule has 1 N–H and O–H groups in total. The van der Waals surface area contributed by atoms with E-state index in [9.17, 15) is 9.59 Å². The fraction of sp³-hybridized carbons (Fsp3) is 0.389. The number of ether oxygens (including phenoxy) is 1. The third kappa shape index (κ3) is 4.17. The predicted molar refractivity (Wildman–Crippen MR) is 98.1 cm³/mol. The molecule has 0 aliphatic carbocycles. The Kier molecular flexibility index (Phi) is 5.03. The van der Waals surface area contributed by atoms with Crippen molar-refractivity contribution < 1.29 is 14.3 Å². The molecule has 1 aromatic carbocycles. The normalized spacial score (nSPS) is 17.2. The molecule has 1 aliphatic heterocycles. The van der Waals surface area contributed by atoms with Crippen LogP contribution in [0.3, 0.4) is 0 Å². The number of thiazole rings is 1. The first-order valence-corrected chi connectivity index (χ1v) is 9.04. The minimum Gasteiger partial charge on any atom is -0.491 e. The van der Waals surface area contributed by atoms with Crippen molar-refractivity contribution in [2.24, 2.45) is 5.92 Å². The lowest BCUT2D eigenvalue weighted by molar-refractivity contribution is -0.122. The van der Waals surface area contributed by atoms with Crippen LogP contribution in [0.1, 0.15) is 25.1 Å². The van der Waals surface area contributed by atoms with Crippen LogP contribution in [0.5, 0.6) is 5.75 Å². The summed E-state index contributed by atoms with van der Waals surface area (Å²) in [5, 5.41) is 3.37. The number of carbonyl (C=O) groups excluding carboxylic acids is 2. The number of aryl methyl sites for hydroxylation is 1. The minimum absolute atomic E-state index is 0.0482. The molecule has 1 atom stereocenters. The van der Waals surface area contributed by atoms with Crippen molar-refractivity contribution in [3.8, 4) is 5.75 Å². The van der Waals surface area contributed by atoms with Gasteiger partial charge in [0.1, 0.15) is 5.75 Å². The lowest BCUT2D eigenvalue weighted by Crippen LogP contribution is -2.28. The van der Waals surface area contributed by atoms with Gasteiger partial charge >= 0.3 is 0 Å². The molecule has 1 aliphatic rings. The molecule has 2 aromatic rings. The van der Waals surface area contributed by atoms with Crippen LogP contribution in [-0.2, 0) is 9.59 Å². The van der Waals surface area contributed by atoms with Crippen molar-refractivity contribution in [2.75, 3.05) is 16.8 Å². The number of anilines is 2. The van der Waals surface area contributed by atoms with Crippen molar-refractivity contribution in [1.29, 1.82) is 0 Å². The maximum Gasteiger partial charge on any atom is 0.231 e. The molecule has 0 spiro atoms. The average molecular weight is 359 g/mol. The van der Waals surface area contributed by atoms with Crippen LogP contribution in [0.15, 0.2) is 30.5 Å². The van der Waals surface area contributed by atoms with Crippen molar-refractivity contribution in [1.82, 2.24) is 4.98 Å². The third-order valence-corrected chi connectivity index (χ3v) is 4.70. The van der Waals surface area contributed by atoms with Crippen LogP contribution < -0.4 is 15.0 Å². The summed E-state index contributed by atoms with van der Waals surface area (Å²) in [6, 6.07) is 7.38. The number of rotatable bonds is 5. The van der Waals surface area contributed by atoms with Gasteiger partial charge in [0.15, 0.2) is 5.13 Å². The van der Waals surface area contributed by atoms with Gasteiger partial charge in [0.05, 0.1) is 12.0 Å². The molecule has 132 valence electrons. The highest BCUT2D eigenvalue weighted by molar-refractivity contribution is 7.15. The number of amides is 2. The van der Waals surface area contributed by atoms with Crippen molar-refractivity contribution >= 4 is 34.0 Å². The fourth-order valence-corrected chi connectivity index (χ4v) is 3.40. The summed E-state index contributed by atoms with van der Waals surface area (Å²) in [5.41, 5.74) is 0.779. The highest BCUT2D eigenvalue weighted by Crippen LogP contribution is 2.28. The standard InChI is InChI=1S/C18H21N3O3S/c1-11(2)24-15-6-4-14(5-7-15)21-10-13(8-16(21)22)17(23)20-18-19-9-12(3)25-18/h4-7,9,11,13H,8,10H2,1-3H3,(H,19,20,23)/t13-/m0/s1. The van der Waals surface area contributed by atoms with Crippen LogP contribution in [0.4, 0.5) is 10.8 Å². The van der Waals surface area contributed by atoms with Crippen molar-refractivity contribution in [3.63, 3.8) is 0 Å². The Bertz CT molecular complexity index is 770. The van der Waals surface area contributed by atoms with E-state index >= 15 is 0 Å². The Morgan fingerprint density at radius 2 is 2.08 bits per heavy atom. The van der Waals surface area contributed by atoms with E-state index in [1.54, 1.807) is 11.1 Å². The SMILES string of the molecule is Cc1cnc(NC(=O)[C@H]2CC(=O)N(c3ccc(OC(C)C)cc3)C2)s1. The second-order valence-electron chi connectivity index (χ2n) is 6.33. The fourth-order valence-electron chi connectivity index (χ4n) is 2.73. The van der Waals surface area contributed by atoms with Crippen LogP contribution in [0.2, 0.25) is 0 Å². The summed E-state index contributed by atoms with van der Waals surface area (Å²) in [6.07, 6.45) is 2.02. The zero-order valence-electron chi connectivity index (χ0n) is 14.5. The van der Waals surface area contributed by atoms with E-state index in [-0.39, 0.29) is 30.3 Å². The van der Waals surface area contributed by atoms with E-state index in [1.807, 2.05) is 45.0 Å². The van der Waals surface area contributed by atoms with E-state index in [0.717, 1.165) is 16.3 Å². The van der Waals surface area contributed by atoms with Crippen molar-refractivity contribution in [3.05, 3.63) is 35.3 Å². The molecule has 6 nitrogen and oxygen atoms in total. The van der Waals surface area contributed by atoms with Gasteiger partial charge in [0.25, 0.3) is 0 Å². The number of hydrogen-bond acceptors (Lipinski definition) is 5. The Morgan fingerprint density at radius 3 is 2.68 bits per heavy atom. The summed E-state index contributed by atoms with van der Waals surface area (Å²) in [7, 11) is 0. The Hall–Kier alpha value is -2.41. The zero-order chi connectivity index (χ0) is 18.0. The van der Waals surface area contributed by atoms with E-state index in [0.29, 0.717) is 11.7 Å². The van der Waals surface area contributed by atoms with Crippen LogP contribution in [0, 0.1) is 12.8 Å². The average Bonchev–Trinajstić information content (AvgIpc) is 3.13. The van der Waals surface area contributed by atoms with Gasteiger partial charge in [0, 0.05) is 29.7 Å². The van der Waals surface area contributed by atoms with Gasteiger partial charge in [-0.05, 0) is 45.0 Å². The number of nitrogens with zero attached hydrogens (tertiary/aromatic N) is 2. The minimum atomic E-state index is -0.372. The topological polar surface area (TPSA) is 71.5 Å². The molecule has 1 saturated heterocycles. The van der Waals surface area contributed by atoms with E-state index in [2.05, 4.69) is 10.3 Å². The second-order valence-corrected chi connectivity index (χ2v) is 7.57. The summed E-state index contributed by atoms with van der Waals surface area (Å²) in [6.45, 7) is 6.23. The van der Waals surface area contributed by atoms with E-state index < -0.39 is 0 Å². The quantitative estimate of drug-likeness (QED) is 0.890. The molecular weight excluding hydrogens is 338 g/mol. The van der Waals surface area contributed by atoms with Gasteiger partial charge in [0.2, 0.25) is 11.8 Å². The summed E-state index contributed by atoms with van der Waals surface area (Å²) >= 11 is 1.42. The van der Waals surface area contributed by atoms with Crippen LogP contribution in [0.25, 0.3) is 0 Å². The van der Waals surface area contributed by atoms with Gasteiger partial charge in [-0.15, -0.1) is 11.3 Å². The number of benzene rings is 1. The molecule has 0 unspecified atom stereocenters. The van der Waals surface area contributed by atoms with E-state index in [4.69, 9.17) is 4.74 Å². The highest BCUT2D eigenvalue weighted by Gasteiger charge is 2.35. The summed E-state index contributed by atoms with van der Waals surface area (Å²) < 4.78 is 5.61. The highest BCUT2D eigenvalue weighted by atomic mass is 32.1. The first-order valence-electron chi connectivity index (χ1n) is 8.23. The van der Waals surface area contributed by atoms with Crippen molar-refractivity contribution in [2.45, 2.75) is 33.3 Å². The molecule has 7 heteroatoms. The van der Waals surface area contributed by atoms with Gasteiger partial charge in [-0.25, -0.2) is 4.98 Å². The third-order valence-electron chi connectivity index (χ3n) is 3.87. The number of carbonyl (C=O) groups is 2. The molecule has 2 heterocycles. The smallest absolute Gasteiger partial charge is 0.231 e. The van der Waals surface area contributed by atoms with Gasteiger partial charge < -0.3 is 15.0 Å². The Labute approximate surface area is 150 Å². The van der Waals surface area contributed by atoms with Gasteiger partial charge in [-0.2, -0.15) is 0 Å². The second kappa shape index (κ2) is 7.23. The summed E-state index contributed by atoms with van der Waals surface area (Å²) in [4.78, 5) is 31.5. The first-order chi connectivity index (χ1) is 11.9. The molecule has 1 aromatic heterocycles. The van der Waals surface area contributed by atoms with Crippen LogP contribution >= 0.6 is 11.3 Å². The molecule has 3 rings (SSSR count). The van der Waals surface area contributed by atoms with Crippen LogP contribution in [-0.4, -0.2) is 29.4 Å². The lowest BCUT2D eigenvalue weighted by atomic mass is 10.1. The Morgan fingerprint density at radius 1 is 1.36 bits per heavy atom. The monoisotopic (exact) mass is 359 g/mol. The molecule has 2 amide bonds. The first kappa shape index (κ1) is 17.4. The lowest BCUT2D eigenvalue weighted by Gasteiger charge is -2.17. The maximum absolute atomic E-state index is 12.4.